The van der Waals surface area contributed by atoms with E-state index in [1.165, 1.54) is 16.7 Å². The molecule has 1 amide bonds. The predicted octanol–water partition coefficient (Wildman–Crippen LogP) is 4.56. The Labute approximate surface area is 145 Å². The molecule has 24 heavy (non-hydrogen) atoms. The summed E-state index contributed by atoms with van der Waals surface area (Å²) >= 11 is 0. The molecule has 0 bridgehead atoms. The summed E-state index contributed by atoms with van der Waals surface area (Å²) in [5, 5.41) is 3.02. The SMILES string of the molecule is Cc1ccc(O[C@@H](C)C(=O)N[C@H](C)c2ccc(C)c(C)c2)cc1C. The van der Waals surface area contributed by atoms with Crippen LogP contribution in [0.3, 0.4) is 0 Å². The first-order chi connectivity index (χ1) is 11.3. The van der Waals surface area contributed by atoms with E-state index >= 15 is 0 Å². The molecule has 0 fully saturated rings. The summed E-state index contributed by atoms with van der Waals surface area (Å²) < 4.78 is 5.78. The molecule has 0 saturated heterocycles. The standard InChI is InChI=1S/C21H27NO2/c1-13-7-9-19(11-15(13)3)17(5)22-21(23)18(6)24-20-10-8-14(2)16(4)12-20/h7-12,17-18H,1-6H3,(H,22,23)/t17-,18+/m1/s1. The number of hydrogen-bond acceptors (Lipinski definition) is 2. The van der Waals surface area contributed by atoms with Crippen molar-refractivity contribution in [2.45, 2.75) is 53.7 Å². The summed E-state index contributed by atoms with van der Waals surface area (Å²) in [6.07, 6.45) is -0.541. The lowest BCUT2D eigenvalue weighted by Gasteiger charge is -2.20. The fraction of sp³-hybridized carbons (Fsp3) is 0.381. The molecule has 2 rings (SSSR count). The lowest BCUT2D eigenvalue weighted by atomic mass is 10.0. The highest BCUT2D eigenvalue weighted by Crippen LogP contribution is 2.19. The number of amides is 1. The van der Waals surface area contributed by atoms with Crippen molar-refractivity contribution < 1.29 is 9.53 Å². The average Bonchev–Trinajstić information content (AvgIpc) is 2.53. The van der Waals surface area contributed by atoms with Crippen molar-refractivity contribution in [1.29, 1.82) is 0 Å². The second-order valence-electron chi connectivity index (χ2n) is 6.58. The Morgan fingerprint density at radius 3 is 2.04 bits per heavy atom. The van der Waals surface area contributed by atoms with E-state index in [1.54, 1.807) is 6.92 Å². The average molecular weight is 325 g/mol. The highest BCUT2D eigenvalue weighted by Gasteiger charge is 2.18. The first-order valence-corrected chi connectivity index (χ1v) is 8.39. The van der Waals surface area contributed by atoms with Gasteiger partial charge in [0.2, 0.25) is 0 Å². The maximum absolute atomic E-state index is 12.4. The third-order valence-corrected chi connectivity index (χ3v) is 4.55. The van der Waals surface area contributed by atoms with Crippen LogP contribution >= 0.6 is 0 Å². The van der Waals surface area contributed by atoms with Crippen LogP contribution in [0.4, 0.5) is 0 Å². The highest BCUT2D eigenvalue weighted by molar-refractivity contribution is 5.81. The van der Waals surface area contributed by atoms with Gasteiger partial charge in [-0.25, -0.2) is 0 Å². The quantitative estimate of drug-likeness (QED) is 0.875. The van der Waals surface area contributed by atoms with E-state index in [2.05, 4.69) is 44.3 Å². The van der Waals surface area contributed by atoms with E-state index in [0.29, 0.717) is 0 Å². The van der Waals surface area contributed by atoms with Crippen LogP contribution in [0.5, 0.6) is 5.75 Å². The summed E-state index contributed by atoms with van der Waals surface area (Å²) in [4.78, 5) is 12.4. The molecule has 2 aromatic carbocycles. The number of ether oxygens (including phenoxy) is 1. The van der Waals surface area contributed by atoms with Gasteiger partial charge < -0.3 is 10.1 Å². The van der Waals surface area contributed by atoms with E-state index in [1.807, 2.05) is 32.0 Å². The minimum atomic E-state index is -0.541. The lowest BCUT2D eigenvalue weighted by Crippen LogP contribution is -2.37. The van der Waals surface area contributed by atoms with Crippen LogP contribution in [0.25, 0.3) is 0 Å². The van der Waals surface area contributed by atoms with E-state index in [-0.39, 0.29) is 11.9 Å². The van der Waals surface area contributed by atoms with Gasteiger partial charge in [0.25, 0.3) is 5.91 Å². The molecule has 0 radical (unpaired) electrons. The van der Waals surface area contributed by atoms with Gasteiger partial charge in [-0.05, 0) is 81.5 Å². The second-order valence-corrected chi connectivity index (χ2v) is 6.58. The molecule has 0 aliphatic carbocycles. The van der Waals surface area contributed by atoms with E-state index in [4.69, 9.17) is 4.74 Å². The Hall–Kier alpha value is -2.29. The molecule has 0 aromatic heterocycles. The van der Waals surface area contributed by atoms with Crippen LogP contribution in [0.1, 0.15) is 47.7 Å². The summed E-state index contributed by atoms with van der Waals surface area (Å²) in [7, 11) is 0. The van der Waals surface area contributed by atoms with Gasteiger partial charge >= 0.3 is 0 Å². The van der Waals surface area contributed by atoms with Crippen LogP contribution < -0.4 is 10.1 Å². The van der Waals surface area contributed by atoms with Crippen molar-refractivity contribution >= 4 is 5.91 Å². The zero-order valence-corrected chi connectivity index (χ0v) is 15.4. The van der Waals surface area contributed by atoms with Crippen LogP contribution in [-0.4, -0.2) is 12.0 Å². The minimum Gasteiger partial charge on any atom is -0.481 e. The zero-order valence-electron chi connectivity index (χ0n) is 15.4. The Bertz CT molecular complexity index is 737. The maximum Gasteiger partial charge on any atom is 0.261 e. The number of benzene rings is 2. The fourth-order valence-electron chi connectivity index (χ4n) is 2.49. The summed E-state index contributed by atoms with van der Waals surface area (Å²) in [5.74, 6) is 0.610. The highest BCUT2D eigenvalue weighted by atomic mass is 16.5. The number of hydrogen-bond donors (Lipinski definition) is 1. The third kappa shape index (κ3) is 4.38. The Kier molecular flexibility index (Phi) is 5.66. The molecule has 0 saturated carbocycles. The maximum atomic E-state index is 12.4. The first kappa shape index (κ1) is 18.1. The van der Waals surface area contributed by atoms with Crippen molar-refractivity contribution in [2.24, 2.45) is 0 Å². The molecule has 128 valence electrons. The van der Waals surface area contributed by atoms with Crippen LogP contribution in [-0.2, 0) is 4.79 Å². The molecule has 0 spiro atoms. The fourth-order valence-corrected chi connectivity index (χ4v) is 2.49. The molecule has 2 atom stereocenters. The third-order valence-electron chi connectivity index (χ3n) is 4.55. The molecule has 0 heterocycles. The Balaban J connectivity index is 1.99. The molecule has 3 nitrogen and oxygen atoms in total. The number of carbonyl (C=O) groups is 1. The van der Waals surface area contributed by atoms with Gasteiger partial charge in [-0.3, -0.25) is 4.79 Å². The summed E-state index contributed by atoms with van der Waals surface area (Å²) in [6.45, 7) is 12.0. The zero-order chi connectivity index (χ0) is 17.9. The minimum absolute atomic E-state index is 0.0531. The molecule has 0 aliphatic rings. The van der Waals surface area contributed by atoms with Gasteiger partial charge in [-0.1, -0.05) is 24.3 Å². The summed E-state index contributed by atoms with van der Waals surface area (Å²) in [5.41, 5.74) is 5.95. The predicted molar refractivity (Wildman–Crippen MR) is 98.5 cm³/mol. The van der Waals surface area contributed by atoms with Crippen molar-refractivity contribution in [3.8, 4) is 5.75 Å². The molecule has 0 aliphatic heterocycles. The van der Waals surface area contributed by atoms with Gasteiger partial charge in [0.1, 0.15) is 5.75 Å². The number of aryl methyl sites for hydroxylation is 4. The normalized spacial score (nSPS) is 13.2. The van der Waals surface area contributed by atoms with Gasteiger partial charge in [0, 0.05) is 0 Å². The molecule has 1 N–H and O–H groups in total. The smallest absolute Gasteiger partial charge is 0.261 e. The lowest BCUT2D eigenvalue weighted by molar-refractivity contribution is -0.127. The van der Waals surface area contributed by atoms with Crippen LogP contribution in [0.2, 0.25) is 0 Å². The molecule has 2 aromatic rings. The molecule has 3 heteroatoms. The molecule has 0 unspecified atom stereocenters. The van der Waals surface area contributed by atoms with Crippen molar-refractivity contribution in [3.05, 3.63) is 64.2 Å². The van der Waals surface area contributed by atoms with Crippen molar-refractivity contribution in [3.63, 3.8) is 0 Å². The van der Waals surface area contributed by atoms with E-state index in [0.717, 1.165) is 16.9 Å². The Morgan fingerprint density at radius 1 is 0.875 bits per heavy atom. The van der Waals surface area contributed by atoms with Crippen LogP contribution in [0.15, 0.2) is 36.4 Å². The largest absolute Gasteiger partial charge is 0.481 e. The van der Waals surface area contributed by atoms with E-state index < -0.39 is 6.10 Å². The number of rotatable bonds is 5. The van der Waals surface area contributed by atoms with E-state index in [9.17, 15) is 4.79 Å². The number of nitrogens with one attached hydrogen (secondary N) is 1. The Morgan fingerprint density at radius 2 is 1.46 bits per heavy atom. The molecular formula is C21H27NO2. The topological polar surface area (TPSA) is 38.3 Å². The molecular weight excluding hydrogens is 298 g/mol. The van der Waals surface area contributed by atoms with Crippen LogP contribution in [0, 0.1) is 27.7 Å². The van der Waals surface area contributed by atoms with Gasteiger partial charge in [0.15, 0.2) is 6.10 Å². The van der Waals surface area contributed by atoms with Crippen molar-refractivity contribution in [1.82, 2.24) is 5.32 Å². The number of carbonyl (C=O) groups excluding carboxylic acids is 1. The van der Waals surface area contributed by atoms with Gasteiger partial charge in [0.05, 0.1) is 6.04 Å². The van der Waals surface area contributed by atoms with Gasteiger partial charge in [-0.15, -0.1) is 0 Å². The van der Waals surface area contributed by atoms with Gasteiger partial charge in [-0.2, -0.15) is 0 Å². The van der Waals surface area contributed by atoms with Crippen molar-refractivity contribution in [2.75, 3.05) is 0 Å². The first-order valence-electron chi connectivity index (χ1n) is 8.39. The summed E-state index contributed by atoms with van der Waals surface area (Å²) in [6, 6.07) is 12.1. The monoisotopic (exact) mass is 325 g/mol. The second kappa shape index (κ2) is 7.52.